The Morgan fingerprint density at radius 2 is 2.11 bits per heavy atom. The molecule has 1 N–H and O–H groups in total. The van der Waals surface area contributed by atoms with Gasteiger partial charge in [0.2, 0.25) is 5.91 Å². The quantitative estimate of drug-likeness (QED) is 0.704. The molecule has 1 heterocycles. The minimum atomic E-state index is 0.116. The van der Waals surface area contributed by atoms with Crippen molar-refractivity contribution in [1.29, 1.82) is 0 Å². The fourth-order valence-electron chi connectivity index (χ4n) is 4.20. The summed E-state index contributed by atoms with van der Waals surface area (Å²) in [6, 6.07) is 6.17. The number of allylic oxidation sites excluding steroid dienone is 1. The molecule has 1 aromatic rings. The van der Waals surface area contributed by atoms with E-state index in [1.165, 1.54) is 31.3 Å². The number of hydrogen-bond acceptors (Lipinski definition) is 4. The highest BCUT2D eigenvalue weighted by Gasteiger charge is 2.29. The van der Waals surface area contributed by atoms with Crippen molar-refractivity contribution in [3.8, 4) is 11.5 Å². The number of nitrogens with one attached hydrogen (secondary N) is 1. The first-order valence-corrected chi connectivity index (χ1v) is 10.1. The summed E-state index contributed by atoms with van der Waals surface area (Å²) in [6.07, 6.45) is 10.5. The molecule has 0 saturated carbocycles. The van der Waals surface area contributed by atoms with Gasteiger partial charge in [-0.2, -0.15) is 0 Å². The van der Waals surface area contributed by atoms with Gasteiger partial charge in [-0.25, -0.2) is 0 Å². The first kappa shape index (κ1) is 19.7. The van der Waals surface area contributed by atoms with Crippen molar-refractivity contribution in [2.45, 2.75) is 51.0 Å². The maximum Gasteiger partial charge on any atom is 0.234 e. The summed E-state index contributed by atoms with van der Waals surface area (Å²) in [5.74, 6) is 1.73. The largest absolute Gasteiger partial charge is 0.497 e. The van der Waals surface area contributed by atoms with Crippen LogP contribution >= 0.6 is 0 Å². The zero-order chi connectivity index (χ0) is 19.1. The van der Waals surface area contributed by atoms with Crippen LogP contribution in [0.3, 0.4) is 0 Å². The van der Waals surface area contributed by atoms with Crippen molar-refractivity contribution in [1.82, 2.24) is 10.2 Å². The molecule has 2 aliphatic rings. The Labute approximate surface area is 162 Å². The number of carbonyl (C=O) groups is 1. The third-order valence-electron chi connectivity index (χ3n) is 5.66. The monoisotopic (exact) mass is 372 g/mol. The van der Waals surface area contributed by atoms with Gasteiger partial charge in [0.1, 0.15) is 11.5 Å². The van der Waals surface area contributed by atoms with Crippen LogP contribution < -0.4 is 14.8 Å². The zero-order valence-electron chi connectivity index (χ0n) is 16.6. The average Bonchev–Trinajstić information content (AvgIpc) is 3.16. The minimum Gasteiger partial charge on any atom is -0.497 e. The average molecular weight is 373 g/mol. The molecule has 3 rings (SSSR count). The predicted molar refractivity (Wildman–Crippen MR) is 107 cm³/mol. The van der Waals surface area contributed by atoms with Gasteiger partial charge < -0.3 is 14.8 Å². The molecule has 1 amide bonds. The van der Waals surface area contributed by atoms with Gasteiger partial charge in [-0.3, -0.25) is 9.69 Å². The Morgan fingerprint density at radius 1 is 1.22 bits per heavy atom. The molecule has 5 nitrogen and oxygen atoms in total. The zero-order valence-corrected chi connectivity index (χ0v) is 16.6. The van der Waals surface area contributed by atoms with Crippen LogP contribution in [0, 0.1) is 0 Å². The predicted octanol–water partition coefficient (Wildman–Crippen LogP) is 3.85. The SMILES string of the molecule is COc1ccc(C2CCCN2CC(=O)NCCC2=CCCCC2)c(OC)c1. The van der Waals surface area contributed by atoms with Crippen molar-refractivity contribution in [3.63, 3.8) is 0 Å². The topological polar surface area (TPSA) is 50.8 Å². The molecule has 1 aromatic carbocycles. The fourth-order valence-corrected chi connectivity index (χ4v) is 4.20. The van der Waals surface area contributed by atoms with E-state index in [-0.39, 0.29) is 11.9 Å². The van der Waals surface area contributed by atoms with Gasteiger partial charge in [-0.05, 0) is 57.6 Å². The van der Waals surface area contributed by atoms with Gasteiger partial charge in [0.25, 0.3) is 0 Å². The Morgan fingerprint density at radius 3 is 2.85 bits per heavy atom. The van der Waals surface area contributed by atoms with Crippen LogP contribution in [0.15, 0.2) is 29.8 Å². The smallest absolute Gasteiger partial charge is 0.234 e. The Bertz CT molecular complexity index is 672. The van der Waals surface area contributed by atoms with Crippen LogP contribution in [0.5, 0.6) is 11.5 Å². The van der Waals surface area contributed by atoms with Crippen LogP contribution in [0.4, 0.5) is 0 Å². The van der Waals surface area contributed by atoms with Crippen molar-refractivity contribution in [2.75, 3.05) is 33.9 Å². The molecule has 0 spiro atoms. The summed E-state index contributed by atoms with van der Waals surface area (Å²) in [5, 5.41) is 3.10. The highest BCUT2D eigenvalue weighted by Crippen LogP contribution is 2.38. The summed E-state index contributed by atoms with van der Waals surface area (Å²) < 4.78 is 10.9. The molecule has 0 radical (unpaired) electrons. The van der Waals surface area contributed by atoms with Crippen LogP contribution in [-0.2, 0) is 4.79 Å². The first-order chi connectivity index (χ1) is 13.2. The molecule has 1 atom stereocenters. The number of hydrogen-bond donors (Lipinski definition) is 1. The van der Waals surface area contributed by atoms with E-state index in [1.54, 1.807) is 14.2 Å². The number of ether oxygens (including phenoxy) is 2. The molecule has 0 aromatic heterocycles. The molecule has 1 aliphatic heterocycles. The number of rotatable bonds is 8. The van der Waals surface area contributed by atoms with E-state index < -0.39 is 0 Å². The number of nitrogens with zero attached hydrogens (tertiary/aromatic N) is 1. The molecule has 5 heteroatoms. The third-order valence-corrected chi connectivity index (χ3v) is 5.66. The summed E-state index contributed by atoms with van der Waals surface area (Å²) in [4.78, 5) is 14.7. The third kappa shape index (κ3) is 5.25. The molecule has 148 valence electrons. The molecule has 27 heavy (non-hydrogen) atoms. The van der Waals surface area contributed by atoms with Gasteiger partial charge in [-0.15, -0.1) is 0 Å². The van der Waals surface area contributed by atoms with Crippen molar-refractivity contribution < 1.29 is 14.3 Å². The van der Waals surface area contributed by atoms with Crippen molar-refractivity contribution in [2.24, 2.45) is 0 Å². The first-order valence-electron chi connectivity index (χ1n) is 10.1. The summed E-state index contributed by atoms with van der Waals surface area (Å²) >= 11 is 0. The Balaban J connectivity index is 1.55. The maximum absolute atomic E-state index is 12.4. The second-order valence-electron chi connectivity index (χ2n) is 7.44. The highest BCUT2D eigenvalue weighted by molar-refractivity contribution is 5.78. The van der Waals surface area contributed by atoms with E-state index in [1.807, 2.05) is 12.1 Å². The van der Waals surface area contributed by atoms with Gasteiger partial charge in [0.15, 0.2) is 0 Å². The molecule has 0 bridgehead atoms. The van der Waals surface area contributed by atoms with Gasteiger partial charge in [0.05, 0.1) is 20.8 Å². The molecule has 1 saturated heterocycles. The lowest BCUT2D eigenvalue weighted by atomic mass is 9.97. The lowest BCUT2D eigenvalue weighted by Gasteiger charge is -2.26. The second-order valence-corrected chi connectivity index (χ2v) is 7.44. The van der Waals surface area contributed by atoms with Crippen molar-refractivity contribution >= 4 is 5.91 Å². The van der Waals surface area contributed by atoms with Crippen LogP contribution in [0.1, 0.15) is 56.6 Å². The Hall–Kier alpha value is -2.01. The standard InChI is InChI=1S/C22H32N2O3/c1-26-18-10-11-19(21(15-18)27-2)20-9-6-14-24(20)16-22(25)23-13-12-17-7-4-3-5-8-17/h7,10-11,15,20H,3-6,8-9,12-14,16H2,1-2H3,(H,23,25). The van der Waals surface area contributed by atoms with E-state index in [0.29, 0.717) is 6.54 Å². The molecule has 1 unspecified atom stereocenters. The lowest BCUT2D eigenvalue weighted by Crippen LogP contribution is -2.37. The van der Waals surface area contributed by atoms with E-state index in [2.05, 4.69) is 22.4 Å². The van der Waals surface area contributed by atoms with Crippen LogP contribution in [0.2, 0.25) is 0 Å². The van der Waals surface area contributed by atoms with E-state index in [4.69, 9.17) is 9.47 Å². The van der Waals surface area contributed by atoms with E-state index in [9.17, 15) is 4.79 Å². The molecular formula is C22H32N2O3. The minimum absolute atomic E-state index is 0.116. The number of methoxy groups -OCH3 is 2. The number of amides is 1. The Kier molecular flexibility index (Phi) is 7.16. The lowest BCUT2D eigenvalue weighted by molar-refractivity contribution is -0.122. The number of carbonyl (C=O) groups excluding carboxylic acids is 1. The summed E-state index contributed by atoms with van der Waals surface area (Å²) in [6.45, 7) is 2.13. The van der Waals surface area contributed by atoms with Crippen LogP contribution in [-0.4, -0.2) is 44.7 Å². The van der Waals surface area contributed by atoms with Gasteiger partial charge >= 0.3 is 0 Å². The summed E-state index contributed by atoms with van der Waals surface area (Å²) in [5.41, 5.74) is 2.64. The van der Waals surface area contributed by atoms with E-state index >= 15 is 0 Å². The molecule has 1 fully saturated rings. The number of likely N-dealkylation sites (tertiary alicyclic amines) is 1. The van der Waals surface area contributed by atoms with Crippen molar-refractivity contribution in [3.05, 3.63) is 35.4 Å². The van der Waals surface area contributed by atoms with Crippen LogP contribution in [0.25, 0.3) is 0 Å². The molecular weight excluding hydrogens is 340 g/mol. The normalized spacial score (nSPS) is 20.2. The second kappa shape index (κ2) is 9.79. The van der Waals surface area contributed by atoms with Gasteiger partial charge in [-0.1, -0.05) is 17.7 Å². The summed E-state index contributed by atoms with van der Waals surface area (Å²) in [7, 11) is 3.34. The maximum atomic E-state index is 12.4. The van der Waals surface area contributed by atoms with Gasteiger partial charge in [0, 0.05) is 24.2 Å². The van der Waals surface area contributed by atoms with E-state index in [0.717, 1.165) is 49.4 Å². The highest BCUT2D eigenvalue weighted by atomic mass is 16.5. The fraction of sp³-hybridized carbons (Fsp3) is 0.591. The molecule has 1 aliphatic carbocycles. The number of benzene rings is 1.